The van der Waals surface area contributed by atoms with Gasteiger partial charge in [0.15, 0.2) is 0 Å². The van der Waals surface area contributed by atoms with Crippen molar-refractivity contribution in [2.45, 2.75) is 52.4 Å². The Kier molecular flexibility index (Phi) is 11.3. The lowest BCUT2D eigenvalue weighted by Crippen LogP contribution is -2.41. The van der Waals surface area contributed by atoms with E-state index in [-0.39, 0.29) is 30.6 Å². The van der Waals surface area contributed by atoms with E-state index in [2.05, 4.69) is 16.2 Å². The van der Waals surface area contributed by atoms with Crippen LogP contribution in [-0.4, -0.2) is 30.3 Å². The van der Waals surface area contributed by atoms with Crippen LogP contribution >= 0.6 is 0 Å². The first-order chi connectivity index (χ1) is 16.3. The summed E-state index contributed by atoms with van der Waals surface area (Å²) in [5.41, 5.74) is 6.80. The van der Waals surface area contributed by atoms with Crippen molar-refractivity contribution >= 4 is 29.4 Å². The van der Waals surface area contributed by atoms with E-state index in [0.29, 0.717) is 30.7 Å². The summed E-state index contributed by atoms with van der Waals surface area (Å²) in [4.78, 5) is 47.7. The lowest BCUT2D eigenvalue weighted by atomic mass is 10.1. The number of rotatable bonds is 12. The van der Waals surface area contributed by atoms with E-state index in [1.165, 1.54) is 5.56 Å². The number of aryl methyl sites for hydroxylation is 1. The topological polar surface area (TPSA) is 114 Å². The van der Waals surface area contributed by atoms with Crippen LogP contribution in [0.2, 0.25) is 0 Å². The summed E-state index contributed by atoms with van der Waals surface area (Å²) in [5.74, 6) is -1.06. The molecule has 0 fully saturated rings. The average Bonchev–Trinajstić information content (AvgIpc) is 2.81. The number of hydrogen-bond donors (Lipinski definition) is 3. The molecule has 0 aromatic heterocycles. The minimum atomic E-state index is -0.480. The molecule has 0 heterocycles. The normalized spacial score (nSPS) is 10.4. The van der Waals surface area contributed by atoms with Crippen LogP contribution in [0.5, 0.6) is 0 Å². The second-order valence-corrected chi connectivity index (χ2v) is 8.39. The summed E-state index contributed by atoms with van der Waals surface area (Å²) in [5, 5.41) is 2.77. The Balaban J connectivity index is 1.58. The Morgan fingerprint density at radius 2 is 1.53 bits per heavy atom. The van der Waals surface area contributed by atoms with E-state index in [1.807, 2.05) is 44.2 Å². The van der Waals surface area contributed by atoms with Gasteiger partial charge in [-0.15, -0.1) is 0 Å². The molecular weight excluding hydrogens is 434 g/mol. The van der Waals surface area contributed by atoms with Gasteiger partial charge in [0.25, 0.3) is 5.91 Å². The minimum Gasteiger partial charge on any atom is -0.466 e. The Hall–Kier alpha value is -3.68. The maximum absolute atomic E-state index is 12.2. The molecule has 0 bridgehead atoms. The Morgan fingerprint density at radius 1 is 0.824 bits per heavy atom. The van der Waals surface area contributed by atoms with Gasteiger partial charge in [0.05, 0.1) is 6.61 Å². The van der Waals surface area contributed by atoms with Gasteiger partial charge in [-0.1, -0.05) is 44.2 Å². The molecule has 8 heteroatoms. The first-order valence-corrected chi connectivity index (χ1v) is 11.5. The second kappa shape index (κ2) is 14.5. The predicted octanol–water partition coefficient (Wildman–Crippen LogP) is 3.78. The van der Waals surface area contributed by atoms with Crippen molar-refractivity contribution in [2.24, 2.45) is 5.92 Å². The number of hydrogen-bond acceptors (Lipinski definition) is 5. The third kappa shape index (κ3) is 10.8. The van der Waals surface area contributed by atoms with Gasteiger partial charge in [0.1, 0.15) is 0 Å². The zero-order valence-electron chi connectivity index (χ0n) is 19.8. The molecule has 8 nitrogen and oxygen atoms in total. The van der Waals surface area contributed by atoms with Gasteiger partial charge in [-0.05, 0) is 55.0 Å². The molecule has 0 radical (unpaired) electrons. The SMILES string of the molecule is CC(C)CC(=O)Nc1ccc(C(=O)NNC(=O)CCCC(=O)OCCCc2ccccc2)cc1. The molecule has 0 aliphatic heterocycles. The van der Waals surface area contributed by atoms with Crippen LogP contribution in [0, 0.1) is 5.92 Å². The molecule has 2 rings (SSSR count). The quantitative estimate of drug-likeness (QED) is 0.250. The monoisotopic (exact) mass is 467 g/mol. The molecule has 0 atom stereocenters. The minimum absolute atomic E-state index is 0.0835. The van der Waals surface area contributed by atoms with E-state index < -0.39 is 11.8 Å². The van der Waals surface area contributed by atoms with Crippen molar-refractivity contribution in [3.05, 3.63) is 65.7 Å². The van der Waals surface area contributed by atoms with Crippen molar-refractivity contribution in [1.29, 1.82) is 0 Å². The fourth-order valence-electron chi connectivity index (χ4n) is 3.12. The molecule has 0 aliphatic rings. The third-order valence-electron chi connectivity index (χ3n) is 4.84. The lowest BCUT2D eigenvalue weighted by molar-refractivity contribution is -0.143. The van der Waals surface area contributed by atoms with Gasteiger partial charge in [-0.25, -0.2) is 0 Å². The summed E-state index contributed by atoms with van der Waals surface area (Å²) in [6.07, 6.45) is 2.54. The van der Waals surface area contributed by atoms with Gasteiger partial charge in [-0.2, -0.15) is 0 Å². The van der Waals surface area contributed by atoms with Crippen molar-refractivity contribution in [1.82, 2.24) is 10.9 Å². The first-order valence-electron chi connectivity index (χ1n) is 11.5. The molecule has 0 unspecified atom stereocenters. The summed E-state index contributed by atoms with van der Waals surface area (Å²) in [6.45, 7) is 4.26. The highest BCUT2D eigenvalue weighted by atomic mass is 16.5. The Labute approximate surface area is 200 Å². The zero-order chi connectivity index (χ0) is 24.8. The maximum Gasteiger partial charge on any atom is 0.305 e. The molecular formula is C26H33N3O5. The van der Waals surface area contributed by atoms with Crippen LogP contribution in [-0.2, 0) is 25.5 Å². The third-order valence-corrected chi connectivity index (χ3v) is 4.84. The number of amides is 3. The van der Waals surface area contributed by atoms with Crippen LogP contribution in [0.1, 0.15) is 61.9 Å². The van der Waals surface area contributed by atoms with Gasteiger partial charge in [0, 0.05) is 30.5 Å². The number of ether oxygens (including phenoxy) is 1. The molecule has 3 amide bonds. The summed E-state index contributed by atoms with van der Waals surface area (Å²) < 4.78 is 5.19. The molecule has 2 aromatic rings. The first kappa shape index (κ1) is 26.6. The fourth-order valence-corrected chi connectivity index (χ4v) is 3.12. The van der Waals surface area contributed by atoms with Crippen molar-refractivity contribution in [3.63, 3.8) is 0 Å². The number of nitrogens with one attached hydrogen (secondary N) is 3. The molecule has 34 heavy (non-hydrogen) atoms. The molecule has 0 spiro atoms. The van der Waals surface area contributed by atoms with Crippen molar-refractivity contribution < 1.29 is 23.9 Å². The lowest BCUT2D eigenvalue weighted by Gasteiger charge is -2.09. The highest BCUT2D eigenvalue weighted by Crippen LogP contribution is 2.11. The Bertz CT molecular complexity index is 943. The van der Waals surface area contributed by atoms with E-state index in [0.717, 1.165) is 12.8 Å². The number of benzene rings is 2. The highest BCUT2D eigenvalue weighted by Gasteiger charge is 2.10. The van der Waals surface area contributed by atoms with Gasteiger partial charge < -0.3 is 10.1 Å². The number of esters is 1. The predicted molar refractivity (Wildman–Crippen MR) is 130 cm³/mol. The van der Waals surface area contributed by atoms with Crippen LogP contribution in [0.25, 0.3) is 0 Å². The summed E-state index contributed by atoms with van der Waals surface area (Å²) >= 11 is 0. The zero-order valence-corrected chi connectivity index (χ0v) is 19.8. The van der Waals surface area contributed by atoms with E-state index >= 15 is 0 Å². The molecule has 0 saturated carbocycles. The highest BCUT2D eigenvalue weighted by molar-refractivity contribution is 5.96. The Morgan fingerprint density at radius 3 is 2.21 bits per heavy atom. The largest absolute Gasteiger partial charge is 0.466 e. The molecule has 182 valence electrons. The second-order valence-electron chi connectivity index (χ2n) is 8.39. The van der Waals surface area contributed by atoms with Gasteiger partial charge in [-0.3, -0.25) is 30.0 Å². The molecule has 0 saturated heterocycles. The number of hydrazine groups is 1. The summed E-state index contributed by atoms with van der Waals surface area (Å²) in [7, 11) is 0. The number of carbonyl (C=O) groups excluding carboxylic acids is 4. The van der Waals surface area contributed by atoms with E-state index in [4.69, 9.17) is 4.74 Å². The maximum atomic E-state index is 12.2. The molecule has 0 aliphatic carbocycles. The molecule has 2 aromatic carbocycles. The van der Waals surface area contributed by atoms with E-state index in [9.17, 15) is 19.2 Å². The number of anilines is 1. The summed E-state index contributed by atoms with van der Waals surface area (Å²) in [6, 6.07) is 16.3. The van der Waals surface area contributed by atoms with Crippen LogP contribution in [0.15, 0.2) is 54.6 Å². The van der Waals surface area contributed by atoms with Crippen LogP contribution in [0.3, 0.4) is 0 Å². The van der Waals surface area contributed by atoms with Gasteiger partial charge >= 0.3 is 5.97 Å². The van der Waals surface area contributed by atoms with Crippen LogP contribution < -0.4 is 16.2 Å². The van der Waals surface area contributed by atoms with E-state index in [1.54, 1.807) is 24.3 Å². The van der Waals surface area contributed by atoms with Crippen LogP contribution in [0.4, 0.5) is 5.69 Å². The standard InChI is InChI=1S/C26H33N3O5/c1-19(2)18-24(31)27-22-15-13-21(14-16-22)26(33)29-28-23(30)11-6-12-25(32)34-17-7-10-20-8-4-3-5-9-20/h3-5,8-9,13-16,19H,6-7,10-12,17-18H2,1-2H3,(H,27,31)(H,28,30)(H,29,33). The number of carbonyl (C=O) groups is 4. The molecule has 3 N–H and O–H groups in total. The van der Waals surface area contributed by atoms with Crippen molar-refractivity contribution in [2.75, 3.05) is 11.9 Å². The van der Waals surface area contributed by atoms with Gasteiger partial charge in [0.2, 0.25) is 11.8 Å². The fraction of sp³-hybridized carbons (Fsp3) is 0.385. The average molecular weight is 468 g/mol. The smallest absolute Gasteiger partial charge is 0.305 e. The van der Waals surface area contributed by atoms with Crippen molar-refractivity contribution in [3.8, 4) is 0 Å².